The maximum atomic E-state index is 10.5. The van der Waals surface area contributed by atoms with Crippen LogP contribution in [-0.2, 0) is 4.74 Å². The fraction of sp³-hybridized carbons (Fsp3) is 0.500. The number of rotatable bonds is 4. The Morgan fingerprint density at radius 1 is 1.56 bits per heavy atom. The van der Waals surface area contributed by atoms with Crippen LogP contribution in [0.5, 0.6) is 0 Å². The van der Waals surface area contributed by atoms with Gasteiger partial charge in [0, 0.05) is 13.2 Å². The summed E-state index contributed by atoms with van der Waals surface area (Å²) in [6.07, 6.45) is 5.02. The summed E-state index contributed by atoms with van der Waals surface area (Å²) in [6.45, 7) is 1.50. The number of nitrogens with zero attached hydrogens (tertiary/aromatic N) is 2. The summed E-state index contributed by atoms with van der Waals surface area (Å²) in [6, 6.07) is 0. The van der Waals surface area contributed by atoms with E-state index in [9.17, 15) is 4.79 Å². The molecule has 2 heterocycles. The van der Waals surface area contributed by atoms with Crippen molar-refractivity contribution in [1.29, 1.82) is 0 Å². The van der Waals surface area contributed by atoms with Crippen molar-refractivity contribution in [2.24, 2.45) is 0 Å². The van der Waals surface area contributed by atoms with E-state index in [0.29, 0.717) is 12.4 Å². The first kappa shape index (κ1) is 10.8. The largest absolute Gasteiger partial charge is 0.476 e. The van der Waals surface area contributed by atoms with Gasteiger partial charge in [0.15, 0.2) is 5.69 Å². The summed E-state index contributed by atoms with van der Waals surface area (Å²) in [5.41, 5.74) is -0.0531. The van der Waals surface area contributed by atoms with Crippen molar-refractivity contribution in [3.63, 3.8) is 0 Å². The standard InChI is InChI=1S/C10H13N3O3/c14-10(15)8-5-13-9(6-11-8)12-4-7-2-1-3-16-7/h5-7H,1-4H2,(H,12,13)(H,14,15)/t7-/m0/s1. The number of anilines is 1. The Hall–Kier alpha value is -1.69. The molecular weight excluding hydrogens is 210 g/mol. The van der Waals surface area contributed by atoms with E-state index in [0.717, 1.165) is 19.4 Å². The molecule has 6 nitrogen and oxygen atoms in total. The molecular formula is C10H13N3O3. The second-order valence-corrected chi connectivity index (χ2v) is 3.61. The number of carboxylic acids is 1. The Kier molecular flexibility index (Phi) is 3.31. The van der Waals surface area contributed by atoms with E-state index in [1.165, 1.54) is 12.4 Å². The first-order chi connectivity index (χ1) is 7.75. The molecule has 0 aliphatic carbocycles. The molecule has 1 atom stereocenters. The topological polar surface area (TPSA) is 84.3 Å². The third-order valence-corrected chi connectivity index (χ3v) is 2.41. The van der Waals surface area contributed by atoms with Gasteiger partial charge in [0.05, 0.1) is 18.5 Å². The van der Waals surface area contributed by atoms with Crippen LogP contribution in [0.2, 0.25) is 0 Å². The monoisotopic (exact) mass is 223 g/mol. The molecule has 1 fully saturated rings. The van der Waals surface area contributed by atoms with Gasteiger partial charge in [-0.05, 0) is 12.8 Å². The number of ether oxygens (including phenoxy) is 1. The van der Waals surface area contributed by atoms with Crippen LogP contribution < -0.4 is 5.32 Å². The molecule has 2 N–H and O–H groups in total. The zero-order valence-corrected chi connectivity index (χ0v) is 8.72. The SMILES string of the molecule is O=C(O)c1cnc(NC[C@@H]2CCCO2)cn1. The van der Waals surface area contributed by atoms with E-state index in [1.54, 1.807) is 0 Å². The maximum Gasteiger partial charge on any atom is 0.356 e. The highest BCUT2D eigenvalue weighted by Gasteiger charge is 2.15. The molecule has 0 amide bonds. The van der Waals surface area contributed by atoms with Gasteiger partial charge >= 0.3 is 5.97 Å². The fourth-order valence-electron chi connectivity index (χ4n) is 1.55. The lowest BCUT2D eigenvalue weighted by molar-refractivity contribution is 0.0690. The van der Waals surface area contributed by atoms with E-state index in [1.807, 2.05) is 0 Å². The average molecular weight is 223 g/mol. The minimum Gasteiger partial charge on any atom is -0.476 e. The number of aromatic carboxylic acids is 1. The predicted octanol–water partition coefficient (Wildman–Crippen LogP) is 0.766. The first-order valence-electron chi connectivity index (χ1n) is 5.16. The van der Waals surface area contributed by atoms with Crippen LogP contribution in [0.4, 0.5) is 5.82 Å². The number of hydrogen-bond acceptors (Lipinski definition) is 5. The van der Waals surface area contributed by atoms with Crippen LogP contribution in [0, 0.1) is 0 Å². The minimum atomic E-state index is -1.07. The fourth-order valence-corrected chi connectivity index (χ4v) is 1.55. The molecule has 1 aliphatic heterocycles. The molecule has 1 aromatic heterocycles. The molecule has 0 radical (unpaired) electrons. The number of aromatic nitrogens is 2. The third-order valence-electron chi connectivity index (χ3n) is 2.41. The predicted molar refractivity (Wildman–Crippen MR) is 56.5 cm³/mol. The molecule has 0 aromatic carbocycles. The van der Waals surface area contributed by atoms with Crippen LogP contribution in [0.1, 0.15) is 23.3 Å². The van der Waals surface area contributed by atoms with Crippen molar-refractivity contribution < 1.29 is 14.6 Å². The van der Waals surface area contributed by atoms with Crippen molar-refractivity contribution in [3.05, 3.63) is 18.1 Å². The summed E-state index contributed by atoms with van der Waals surface area (Å²) in [7, 11) is 0. The van der Waals surface area contributed by atoms with Gasteiger partial charge in [-0.15, -0.1) is 0 Å². The van der Waals surface area contributed by atoms with Crippen molar-refractivity contribution in [1.82, 2.24) is 9.97 Å². The summed E-state index contributed by atoms with van der Waals surface area (Å²) in [5.74, 6) is -0.501. The van der Waals surface area contributed by atoms with Crippen molar-refractivity contribution in [2.45, 2.75) is 18.9 Å². The van der Waals surface area contributed by atoms with Gasteiger partial charge in [0.2, 0.25) is 0 Å². The summed E-state index contributed by atoms with van der Waals surface area (Å²) in [5, 5.41) is 11.7. The number of nitrogens with one attached hydrogen (secondary N) is 1. The molecule has 1 aliphatic rings. The molecule has 0 bridgehead atoms. The van der Waals surface area contributed by atoms with Gasteiger partial charge < -0.3 is 15.2 Å². The van der Waals surface area contributed by atoms with Crippen molar-refractivity contribution >= 4 is 11.8 Å². The summed E-state index contributed by atoms with van der Waals surface area (Å²) in [4.78, 5) is 18.2. The van der Waals surface area contributed by atoms with E-state index in [-0.39, 0.29) is 11.8 Å². The maximum absolute atomic E-state index is 10.5. The zero-order valence-electron chi connectivity index (χ0n) is 8.72. The minimum absolute atomic E-state index is 0.0531. The molecule has 6 heteroatoms. The molecule has 1 aromatic rings. The quantitative estimate of drug-likeness (QED) is 0.784. The average Bonchev–Trinajstić information content (AvgIpc) is 2.80. The molecule has 86 valence electrons. The highest BCUT2D eigenvalue weighted by Crippen LogP contribution is 2.12. The number of hydrogen-bond donors (Lipinski definition) is 2. The van der Waals surface area contributed by atoms with E-state index < -0.39 is 5.97 Å². The van der Waals surface area contributed by atoms with Gasteiger partial charge in [-0.25, -0.2) is 14.8 Å². The summed E-state index contributed by atoms with van der Waals surface area (Å²) < 4.78 is 5.43. The first-order valence-corrected chi connectivity index (χ1v) is 5.16. The second kappa shape index (κ2) is 4.89. The van der Waals surface area contributed by atoms with Crippen LogP contribution in [0.3, 0.4) is 0 Å². The number of carbonyl (C=O) groups is 1. The Labute approximate surface area is 92.7 Å². The lowest BCUT2D eigenvalue weighted by Gasteiger charge is -2.10. The lowest BCUT2D eigenvalue weighted by Crippen LogP contribution is -2.19. The summed E-state index contributed by atoms with van der Waals surface area (Å²) >= 11 is 0. The van der Waals surface area contributed by atoms with Gasteiger partial charge in [0.1, 0.15) is 5.82 Å². The van der Waals surface area contributed by atoms with Gasteiger partial charge in [-0.1, -0.05) is 0 Å². The van der Waals surface area contributed by atoms with Crippen LogP contribution in [0.25, 0.3) is 0 Å². The molecule has 0 saturated carbocycles. The molecule has 16 heavy (non-hydrogen) atoms. The molecule has 1 saturated heterocycles. The Morgan fingerprint density at radius 2 is 2.44 bits per heavy atom. The molecule has 0 unspecified atom stereocenters. The highest BCUT2D eigenvalue weighted by atomic mass is 16.5. The van der Waals surface area contributed by atoms with Crippen molar-refractivity contribution in [2.75, 3.05) is 18.5 Å². The van der Waals surface area contributed by atoms with E-state index >= 15 is 0 Å². The molecule has 2 rings (SSSR count). The van der Waals surface area contributed by atoms with Gasteiger partial charge in [0.25, 0.3) is 0 Å². The lowest BCUT2D eigenvalue weighted by atomic mass is 10.2. The van der Waals surface area contributed by atoms with Crippen LogP contribution >= 0.6 is 0 Å². The third kappa shape index (κ3) is 2.66. The number of carboxylic acid groups (broad SMARTS) is 1. The Morgan fingerprint density at radius 3 is 3.00 bits per heavy atom. The Bertz CT molecular complexity index is 360. The zero-order chi connectivity index (χ0) is 11.4. The normalized spacial score (nSPS) is 19.6. The second-order valence-electron chi connectivity index (χ2n) is 3.61. The van der Waals surface area contributed by atoms with E-state index in [4.69, 9.17) is 9.84 Å². The Balaban J connectivity index is 1.87. The van der Waals surface area contributed by atoms with Gasteiger partial charge in [-0.3, -0.25) is 0 Å². The smallest absolute Gasteiger partial charge is 0.356 e. The van der Waals surface area contributed by atoms with Crippen LogP contribution in [0.15, 0.2) is 12.4 Å². The molecule has 0 spiro atoms. The van der Waals surface area contributed by atoms with Gasteiger partial charge in [-0.2, -0.15) is 0 Å². The van der Waals surface area contributed by atoms with Crippen LogP contribution in [-0.4, -0.2) is 40.3 Å². The van der Waals surface area contributed by atoms with E-state index in [2.05, 4.69) is 15.3 Å². The van der Waals surface area contributed by atoms with Crippen molar-refractivity contribution in [3.8, 4) is 0 Å². The highest BCUT2D eigenvalue weighted by molar-refractivity contribution is 5.84.